The number of ether oxygens (including phenoxy) is 1. The highest BCUT2D eigenvalue weighted by Gasteiger charge is 2.23. The SMILES string of the molecule is CN(c1cccnc1)c1c(OCCC(C)(C)c2ccc(Cl)cc2)n[nH]c(=O)c1Br. The minimum Gasteiger partial charge on any atom is -0.475 e. The third kappa shape index (κ3) is 4.97. The normalized spacial score (nSPS) is 11.3. The van der Waals surface area contributed by atoms with Crippen molar-refractivity contribution in [3.63, 3.8) is 0 Å². The molecule has 0 saturated carbocycles. The van der Waals surface area contributed by atoms with E-state index < -0.39 is 0 Å². The Bertz CT molecular complexity index is 1020. The molecule has 1 aromatic carbocycles. The quantitative estimate of drug-likeness (QED) is 0.513. The van der Waals surface area contributed by atoms with Gasteiger partial charge < -0.3 is 9.64 Å². The Morgan fingerprint density at radius 3 is 2.62 bits per heavy atom. The van der Waals surface area contributed by atoms with Crippen molar-refractivity contribution in [2.75, 3.05) is 18.6 Å². The van der Waals surface area contributed by atoms with Crippen LogP contribution in [0.5, 0.6) is 5.88 Å². The summed E-state index contributed by atoms with van der Waals surface area (Å²) >= 11 is 9.36. The predicted molar refractivity (Wildman–Crippen MR) is 119 cm³/mol. The van der Waals surface area contributed by atoms with E-state index in [9.17, 15) is 4.79 Å². The Labute approximate surface area is 183 Å². The number of aromatic amines is 1. The molecule has 0 unspecified atom stereocenters. The van der Waals surface area contributed by atoms with E-state index in [1.165, 1.54) is 5.56 Å². The number of rotatable bonds is 7. The van der Waals surface area contributed by atoms with Crippen LogP contribution in [0.3, 0.4) is 0 Å². The van der Waals surface area contributed by atoms with Gasteiger partial charge in [-0.25, -0.2) is 5.10 Å². The highest BCUT2D eigenvalue weighted by Crippen LogP contribution is 2.35. The van der Waals surface area contributed by atoms with E-state index in [4.69, 9.17) is 16.3 Å². The van der Waals surface area contributed by atoms with Gasteiger partial charge in [-0.3, -0.25) is 9.78 Å². The molecule has 0 amide bonds. The van der Waals surface area contributed by atoms with Gasteiger partial charge in [0, 0.05) is 18.3 Å². The molecule has 0 aliphatic heterocycles. The maximum absolute atomic E-state index is 12.1. The first kappa shape index (κ1) is 21.3. The number of halogens is 2. The van der Waals surface area contributed by atoms with Crippen LogP contribution in [0.2, 0.25) is 5.02 Å². The van der Waals surface area contributed by atoms with Gasteiger partial charge in [0.2, 0.25) is 0 Å². The molecule has 0 aliphatic rings. The van der Waals surface area contributed by atoms with Crippen molar-refractivity contribution in [2.24, 2.45) is 0 Å². The van der Waals surface area contributed by atoms with Gasteiger partial charge in [0.15, 0.2) is 0 Å². The van der Waals surface area contributed by atoms with Crippen molar-refractivity contribution in [1.82, 2.24) is 15.2 Å². The second kappa shape index (κ2) is 8.97. The number of pyridine rings is 1. The highest BCUT2D eigenvalue weighted by molar-refractivity contribution is 9.10. The number of nitrogens with zero attached hydrogens (tertiary/aromatic N) is 3. The van der Waals surface area contributed by atoms with E-state index in [-0.39, 0.29) is 11.0 Å². The predicted octanol–water partition coefficient (Wildman–Crippen LogP) is 5.10. The first-order chi connectivity index (χ1) is 13.8. The summed E-state index contributed by atoms with van der Waals surface area (Å²) in [6, 6.07) is 11.6. The van der Waals surface area contributed by atoms with Crippen molar-refractivity contribution in [1.29, 1.82) is 0 Å². The first-order valence-corrected chi connectivity index (χ1v) is 10.3. The second-order valence-corrected chi connectivity index (χ2v) is 8.51. The Hall–Kier alpha value is -2.38. The molecule has 152 valence electrons. The van der Waals surface area contributed by atoms with Gasteiger partial charge in [-0.15, -0.1) is 5.10 Å². The molecule has 0 spiro atoms. The standard InChI is InChI=1S/C21H22BrClN4O2/c1-21(2,14-6-8-15(23)9-7-14)10-12-29-20-18(17(22)19(28)25-26-20)27(3)16-5-4-11-24-13-16/h4-9,11,13H,10,12H2,1-3H3,(H,25,28). The van der Waals surface area contributed by atoms with Crippen molar-refractivity contribution in [3.8, 4) is 5.88 Å². The number of benzene rings is 1. The van der Waals surface area contributed by atoms with Crippen molar-refractivity contribution in [2.45, 2.75) is 25.7 Å². The molecule has 29 heavy (non-hydrogen) atoms. The fraction of sp³-hybridized carbons (Fsp3) is 0.286. The molecule has 1 N–H and O–H groups in total. The van der Waals surface area contributed by atoms with E-state index in [0.717, 1.165) is 12.1 Å². The summed E-state index contributed by atoms with van der Waals surface area (Å²) in [7, 11) is 1.84. The highest BCUT2D eigenvalue weighted by atomic mass is 79.9. The Balaban J connectivity index is 1.80. The lowest BCUT2D eigenvalue weighted by atomic mass is 9.82. The summed E-state index contributed by atoms with van der Waals surface area (Å²) in [4.78, 5) is 18.1. The van der Waals surface area contributed by atoms with Crippen LogP contribution in [-0.2, 0) is 5.41 Å². The topological polar surface area (TPSA) is 71.1 Å². The molecule has 0 fully saturated rings. The van der Waals surface area contributed by atoms with Gasteiger partial charge in [-0.2, -0.15) is 0 Å². The molecule has 0 saturated heterocycles. The number of hydrogen-bond acceptors (Lipinski definition) is 5. The van der Waals surface area contributed by atoms with Crippen LogP contribution in [0.1, 0.15) is 25.8 Å². The van der Waals surface area contributed by atoms with Gasteiger partial charge in [0.1, 0.15) is 10.2 Å². The fourth-order valence-electron chi connectivity index (χ4n) is 2.93. The molecule has 8 heteroatoms. The number of hydrogen-bond donors (Lipinski definition) is 1. The second-order valence-electron chi connectivity index (χ2n) is 7.28. The molecule has 2 aromatic heterocycles. The zero-order valence-corrected chi connectivity index (χ0v) is 18.8. The van der Waals surface area contributed by atoms with E-state index in [0.29, 0.717) is 27.7 Å². The largest absolute Gasteiger partial charge is 0.475 e. The maximum atomic E-state index is 12.1. The van der Waals surface area contributed by atoms with Gasteiger partial charge in [0.05, 0.1) is 18.5 Å². The summed E-state index contributed by atoms with van der Waals surface area (Å²) in [5.41, 5.74) is 2.09. The number of H-pyrrole nitrogens is 1. The summed E-state index contributed by atoms with van der Waals surface area (Å²) < 4.78 is 6.35. The zero-order chi connectivity index (χ0) is 21.0. The summed E-state index contributed by atoms with van der Waals surface area (Å²) in [5, 5.41) is 7.30. The monoisotopic (exact) mass is 476 g/mol. The molecule has 0 radical (unpaired) electrons. The van der Waals surface area contributed by atoms with Gasteiger partial charge in [-0.1, -0.05) is 37.6 Å². The maximum Gasteiger partial charge on any atom is 0.280 e. The molecular weight excluding hydrogens is 456 g/mol. The minimum atomic E-state index is -0.329. The third-order valence-electron chi connectivity index (χ3n) is 4.83. The number of aromatic nitrogens is 3. The van der Waals surface area contributed by atoms with Gasteiger partial charge in [0.25, 0.3) is 11.4 Å². The molecular formula is C21H22BrClN4O2. The molecule has 3 rings (SSSR count). The smallest absolute Gasteiger partial charge is 0.280 e. The van der Waals surface area contributed by atoms with Crippen LogP contribution in [-0.4, -0.2) is 28.8 Å². The van der Waals surface area contributed by atoms with Crippen LogP contribution in [0, 0.1) is 0 Å². The Morgan fingerprint density at radius 1 is 1.24 bits per heavy atom. The van der Waals surface area contributed by atoms with E-state index in [1.54, 1.807) is 12.4 Å². The molecule has 3 aromatic rings. The van der Waals surface area contributed by atoms with Crippen molar-refractivity contribution < 1.29 is 4.74 Å². The Morgan fingerprint density at radius 2 is 1.97 bits per heavy atom. The van der Waals surface area contributed by atoms with Crippen LogP contribution < -0.4 is 15.2 Å². The fourth-order valence-corrected chi connectivity index (χ4v) is 3.58. The molecule has 0 atom stereocenters. The Kier molecular flexibility index (Phi) is 6.59. The molecule has 2 heterocycles. The van der Waals surface area contributed by atoms with Crippen LogP contribution >= 0.6 is 27.5 Å². The summed E-state index contributed by atoms with van der Waals surface area (Å²) in [6.45, 7) is 4.73. The van der Waals surface area contributed by atoms with Gasteiger partial charge >= 0.3 is 0 Å². The molecule has 0 aliphatic carbocycles. The molecule has 0 bridgehead atoms. The van der Waals surface area contributed by atoms with Crippen LogP contribution in [0.4, 0.5) is 11.4 Å². The van der Waals surface area contributed by atoms with Crippen LogP contribution in [0.15, 0.2) is 58.1 Å². The van der Waals surface area contributed by atoms with E-state index in [1.807, 2.05) is 48.3 Å². The zero-order valence-electron chi connectivity index (χ0n) is 16.4. The van der Waals surface area contributed by atoms with Gasteiger partial charge in [-0.05, 0) is 57.6 Å². The summed E-state index contributed by atoms with van der Waals surface area (Å²) in [6.07, 6.45) is 4.16. The van der Waals surface area contributed by atoms with E-state index >= 15 is 0 Å². The van der Waals surface area contributed by atoms with Crippen molar-refractivity contribution in [3.05, 3.63) is 74.2 Å². The number of nitrogens with one attached hydrogen (secondary N) is 1. The van der Waals surface area contributed by atoms with Crippen molar-refractivity contribution >= 4 is 38.9 Å². The lowest BCUT2D eigenvalue weighted by Crippen LogP contribution is -2.23. The lowest BCUT2D eigenvalue weighted by molar-refractivity contribution is 0.262. The first-order valence-electron chi connectivity index (χ1n) is 9.10. The summed E-state index contributed by atoms with van der Waals surface area (Å²) in [5.74, 6) is 0.342. The molecule has 6 nitrogen and oxygen atoms in total. The minimum absolute atomic E-state index is 0.112. The lowest BCUT2D eigenvalue weighted by Gasteiger charge is -2.26. The average Bonchev–Trinajstić information content (AvgIpc) is 2.71. The average molecular weight is 478 g/mol. The van der Waals surface area contributed by atoms with Crippen LogP contribution in [0.25, 0.3) is 0 Å². The third-order valence-corrected chi connectivity index (χ3v) is 5.82. The van der Waals surface area contributed by atoms with E-state index in [2.05, 4.69) is 45.0 Å². The number of anilines is 2.